The Morgan fingerprint density at radius 3 is 1.97 bits per heavy atom. The van der Waals surface area contributed by atoms with Crippen LogP contribution in [0.25, 0.3) is 0 Å². The van der Waals surface area contributed by atoms with Crippen LogP contribution in [0.3, 0.4) is 0 Å². The van der Waals surface area contributed by atoms with Crippen LogP contribution in [0.4, 0.5) is 0 Å². The van der Waals surface area contributed by atoms with Gasteiger partial charge in [0.15, 0.2) is 8.24 Å². The van der Waals surface area contributed by atoms with E-state index in [9.17, 15) is 4.79 Å². The first-order chi connectivity index (χ1) is 13.8. The number of ether oxygens (including phenoxy) is 1. The predicted molar refractivity (Wildman–Crippen MR) is 122 cm³/mol. The van der Waals surface area contributed by atoms with E-state index in [4.69, 9.17) is 4.74 Å². The molecule has 2 aromatic carbocycles. The van der Waals surface area contributed by atoms with Gasteiger partial charge in [0.1, 0.15) is 0 Å². The van der Waals surface area contributed by atoms with Gasteiger partial charge in [-0.05, 0) is 15.4 Å². The van der Waals surface area contributed by atoms with Crippen LogP contribution in [0.5, 0.6) is 0 Å². The van der Waals surface area contributed by atoms with Crippen molar-refractivity contribution in [2.75, 3.05) is 33.4 Å². The molecule has 1 fully saturated rings. The quantitative estimate of drug-likeness (QED) is 0.542. The van der Waals surface area contributed by atoms with Crippen molar-refractivity contribution in [3.05, 3.63) is 60.7 Å². The second kappa shape index (κ2) is 8.82. The summed E-state index contributed by atoms with van der Waals surface area (Å²) in [7, 11) is -0.799. The van der Waals surface area contributed by atoms with Gasteiger partial charge >= 0.3 is 5.97 Å². The number of nitrogens with zero attached hydrogens (tertiary/aromatic N) is 2. The topological polar surface area (TPSA) is 32.8 Å². The second-order valence-corrected chi connectivity index (χ2v) is 13.8. The third-order valence-electron chi connectivity index (χ3n) is 6.14. The normalized spacial score (nSPS) is 17.3. The summed E-state index contributed by atoms with van der Waals surface area (Å²) in [5.74, 6) is -0.243. The minimum atomic E-state index is -2.27. The molecule has 29 heavy (non-hydrogen) atoms. The molecule has 5 heteroatoms. The molecule has 2 aromatic rings. The number of esters is 1. The Kier molecular flexibility index (Phi) is 6.61. The lowest BCUT2D eigenvalue weighted by molar-refractivity contribution is -0.145. The van der Waals surface area contributed by atoms with Crippen LogP contribution in [-0.2, 0) is 9.53 Å². The minimum Gasteiger partial charge on any atom is -0.469 e. The molecule has 0 saturated carbocycles. The maximum Gasteiger partial charge on any atom is 0.309 e. The molecule has 1 unspecified atom stereocenters. The molecule has 156 valence electrons. The van der Waals surface area contributed by atoms with Gasteiger partial charge in [-0.15, -0.1) is 0 Å². The predicted octanol–water partition coefficient (Wildman–Crippen LogP) is 2.93. The Balaban J connectivity index is 2.02. The fourth-order valence-corrected chi connectivity index (χ4v) is 10.9. The number of carbonyl (C=O) groups is 1. The van der Waals surface area contributed by atoms with E-state index in [0.717, 1.165) is 26.3 Å². The zero-order valence-electron chi connectivity index (χ0n) is 18.4. The lowest BCUT2D eigenvalue weighted by Gasteiger charge is -2.49. The largest absolute Gasteiger partial charge is 0.469 e. The van der Waals surface area contributed by atoms with Crippen molar-refractivity contribution >= 4 is 24.6 Å². The molecule has 1 aliphatic rings. The number of methoxy groups -OCH3 is 1. The van der Waals surface area contributed by atoms with Crippen LogP contribution in [0.2, 0.25) is 5.04 Å². The fourth-order valence-electron chi connectivity index (χ4n) is 4.96. The minimum absolute atomic E-state index is 0.0969. The molecule has 1 atom stereocenters. The highest BCUT2D eigenvalue weighted by Gasteiger charge is 2.53. The summed E-state index contributed by atoms with van der Waals surface area (Å²) in [6.45, 7) is 12.7. The number of benzene rings is 2. The number of rotatable bonds is 6. The summed E-state index contributed by atoms with van der Waals surface area (Å²) < 4.78 is 7.66. The molecule has 0 N–H and O–H groups in total. The Hall–Kier alpha value is -1.95. The van der Waals surface area contributed by atoms with Crippen LogP contribution < -0.4 is 10.4 Å². The lowest BCUT2D eigenvalue weighted by atomic mass is 10.2. The van der Waals surface area contributed by atoms with Crippen LogP contribution in [0.15, 0.2) is 60.7 Å². The molecule has 0 aliphatic carbocycles. The molecule has 3 rings (SSSR count). The fraction of sp³-hybridized carbons (Fsp3) is 0.458. The highest BCUT2D eigenvalue weighted by atomic mass is 28.3. The van der Waals surface area contributed by atoms with E-state index in [1.165, 1.54) is 17.5 Å². The maximum absolute atomic E-state index is 11.9. The number of hydrogen-bond donors (Lipinski definition) is 0. The molecule has 1 aliphatic heterocycles. The second-order valence-electron chi connectivity index (χ2n) is 9.10. The van der Waals surface area contributed by atoms with E-state index < -0.39 is 8.24 Å². The molecular weight excluding hydrogens is 376 g/mol. The number of hydrogen-bond acceptors (Lipinski definition) is 4. The Morgan fingerprint density at radius 1 is 1.00 bits per heavy atom. The first-order valence-electron chi connectivity index (χ1n) is 10.5. The Morgan fingerprint density at radius 2 is 1.52 bits per heavy atom. The van der Waals surface area contributed by atoms with Gasteiger partial charge in [0.25, 0.3) is 0 Å². The van der Waals surface area contributed by atoms with Crippen LogP contribution >= 0.6 is 0 Å². The van der Waals surface area contributed by atoms with Crippen molar-refractivity contribution in [2.24, 2.45) is 5.92 Å². The number of carbonyl (C=O) groups excluding carboxylic acids is 1. The third kappa shape index (κ3) is 4.18. The summed E-state index contributed by atoms with van der Waals surface area (Å²) in [5, 5.41) is 2.99. The van der Waals surface area contributed by atoms with E-state index >= 15 is 0 Å². The lowest BCUT2D eigenvalue weighted by Crippen LogP contribution is -2.74. The zero-order valence-corrected chi connectivity index (χ0v) is 19.4. The SMILES string of the molecule is COC(=O)C(C)CN1CCN([Si](c2ccccc2)(c2ccccc2)C(C)(C)C)C1. The summed E-state index contributed by atoms with van der Waals surface area (Å²) in [4.78, 5) is 14.3. The smallest absolute Gasteiger partial charge is 0.309 e. The molecule has 4 nitrogen and oxygen atoms in total. The van der Waals surface area contributed by atoms with E-state index in [1.807, 2.05) is 6.92 Å². The van der Waals surface area contributed by atoms with Crippen molar-refractivity contribution in [3.8, 4) is 0 Å². The van der Waals surface area contributed by atoms with E-state index in [0.29, 0.717) is 0 Å². The van der Waals surface area contributed by atoms with Gasteiger partial charge in [-0.2, -0.15) is 0 Å². The molecule has 0 bridgehead atoms. The van der Waals surface area contributed by atoms with Crippen molar-refractivity contribution in [3.63, 3.8) is 0 Å². The van der Waals surface area contributed by atoms with E-state index in [1.54, 1.807) is 0 Å². The molecule has 0 radical (unpaired) electrons. The van der Waals surface area contributed by atoms with Crippen molar-refractivity contribution in [1.29, 1.82) is 0 Å². The standard InChI is InChI=1S/C24H34N2O2Si/c1-20(23(27)28-5)18-25-16-17-26(19-25)29(24(2,3)4,21-12-8-6-9-13-21)22-14-10-7-11-15-22/h6-15,20H,16-19H2,1-5H3. The van der Waals surface area contributed by atoms with Gasteiger partial charge in [-0.3, -0.25) is 9.69 Å². The summed E-state index contributed by atoms with van der Waals surface area (Å²) in [6.07, 6.45) is 0. The van der Waals surface area contributed by atoms with E-state index in [2.05, 4.69) is 90.9 Å². The molecule has 0 amide bonds. The summed E-state index contributed by atoms with van der Waals surface area (Å²) in [5.41, 5.74) is 0. The Bertz CT molecular complexity index is 765. The van der Waals surface area contributed by atoms with Crippen LogP contribution in [0, 0.1) is 5.92 Å². The van der Waals surface area contributed by atoms with Crippen molar-refractivity contribution in [1.82, 2.24) is 9.47 Å². The summed E-state index contributed by atoms with van der Waals surface area (Å²) in [6, 6.07) is 22.1. The molecule has 1 saturated heterocycles. The molecule has 0 spiro atoms. The average molecular weight is 411 g/mol. The van der Waals surface area contributed by atoms with Gasteiger partial charge in [-0.1, -0.05) is 88.4 Å². The monoisotopic (exact) mass is 410 g/mol. The van der Waals surface area contributed by atoms with Gasteiger partial charge in [0.2, 0.25) is 0 Å². The molecule has 0 aromatic heterocycles. The highest BCUT2D eigenvalue weighted by molar-refractivity contribution is 7.02. The molecule has 1 heterocycles. The van der Waals surface area contributed by atoms with Crippen molar-refractivity contribution < 1.29 is 9.53 Å². The van der Waals surface area contributed by atoms with E-state index in [-0.39, 0.29) is 16.9 Å². The van der Waals surface area contributed by atoms with Crippen LogP contribution in [0.1, 0.15) is 27.7 Å². The van der Waals surface area contributed by atoms with Crippen LogP contribution in [-0.4, -0.2) is 57.1 Å². The Labute approximate surface area is 176 Å². The summed E-state index contributed by atoms with van der Waals surface area (Å²) >= 11 is 0. The molecular formula is C24H34N2O2Si. The van der Waals surface area contributed by atoms with Gasteiger partial charge in [0.05, 0.1) is 13.0 Å². The zero-order chi connectivity index (χ0) is 21.1. The van der Waals surface area contributed by atoms with Gasteiger partial charge in [0, 0.05) is 26.3 Å². The van der Waals surface area contributed by atoms with Gasteiger partial charge in [-0.25, -0.2) is 0 Å². The first-order valence-corrected chi connectivity index (χ1v) is 12.4. The van der Waals surface area contributed by atoms with Gasteiger partial charge < -0.3 is 9.30 Å². The highest BCUT2D eigenvalue weighted by Crippen LogP contribution is 2.39. The average Bonchev–Trinajstić information content (AvgIpc) is 3.16. The van der Waals surface area contributed by atoms with Crippen molar-refractivity contribution in [2.45, 2.75) is 32.7 Å². The maximum atomic E-state index is 11.9. The third-order valence-corrected chi connectivity index (χ3v) is 12.0. The first kappa shape index (κ1) is 21.7.